The number of likely N-dealkylation sites (tertiary alicyclic amines) is 1. The second-order valence-electron chi connectivity index (χ2n) is 6.19. The van der Waals surface area contributed by atoms with E-state index in [2.05, 4.69) is 4.98 Å². The molecule has 1 aliphatic heterocycles. The van der Waals surface area contributed by atoms with Crippen molar-refractivity contribution in [3.63, 3.8) is 0 Å². The van der Waals surface area contributed by atoms with Crippen LogP contribution in [-0.2, 0) is 20.7 Å². The van der Waals surface area contributed by atoms with E-state index in [9.17, 15) is 14.4 Å². The third-order valence-corrected chi connectivity index (χ3v) is 4.56. The average Bonchev–Trinajstić information content (AvgIpc) is 2.79. The van der Waals surface area contributed by atoms with Gasteiger partial charge in [-0.05, 0) is 31.7 Å². The lowest BCUT2D eigenvalue weighted by Gasteiger charge is -2.19. The number of hydrogen-bond donors (Lipinski definition) is 1. The fourth-order valence-corrected chi connectivity index (χ4v) is 3.12. The lowest BCUT2D eigenvalue weighted by Crippen LogP contribution is -2.35. The van der Waals surface area contributed by atoms with Crippen molar-refractivity contribution in [1.82, 2.24) is 9.88 Å². The SMILES string of the molecule is CCc1[nH]c(C(=O)OCC(=O)N2CCCCCC2)c(C)c1C(=O)OC. The zero-order valence-corrected chi connectivity index (χ0v) is 15.1. The summed E-state index contributed by atoms with van der Waals surface area (Å²) in [6, 6.07) is 0. The van der Waals surface area contributed by atoms with Gasteiger partial charge < -0.3 is 19.4 Å². The molecule has 2 heterocycles. The molecular weight excluding hydrogens is 324 g/mol. The summed E-state index contributed by atoms with van der Waals surface area (Å²) in [6.07, 6.45) is 4.77. The largest absolute Gasteiger partial charge is 0.465 e. The molecule has 1 amide bonds. The minimum absolute atomic E-state index is 0.177. The van der Waals surface area contributed by atoms with Gasteiger partial charge in [0, 0.05) is 18.8 Å². The van der Waals surface area contributed by atoms with Crippen molar-refractivity contribution >= 4 is 17.8 Å². The van der Waals surface area contributed by atoms with E-state index in [0.717, 1.165) is 25.7 Å². The van der Waals surface area contributed by atoms with E-state index < -0.39 is 11.9 Å². The molecular formula is C18H26N2O5. The Hall–Kier alpha value is -2.31. The summed E-state index contributed by atoms with van der Waals surface area (Å²) in [5.74, 6) is -1.31. The van der Waals surface area contributed by atoms with Gasteiger partial charge in [-0.3, -0.25) is 4.79 Å². The Bertz CT molecular complexity index is 642. The van der Waals surface area contributed by atoms with Crippen molar-refractivity contribution in [3.05, 3.63) is 22.5 Å². The van der Waals surface area contributed by atoms with Gasteiger partial charge in [0.1, 0.15) is 5.69 Å². The number of carbonyl (C=O) groups excluding carboxylic acids is 3. The molecule has 0 saturated carbocycles. The molecule has 7 heteroatoms. The van der Waals surface area contributed by atoms with Crippen LogP contribution in [0.3, 0.4) is 0 Å². The van der Waals surface area contributed by atoms with Crippen LogP contribution >= 0.6 is 0 Å². The second-order valence-corrected chi connectivity index (χ2v) is 6.19. The Morgan fingerprint density at radius 3 is 2.28 bits per heavy atom. The van der Waals surface area contributed by atoms with Crippen molar-refractivity contribution in [2.75, 3.05) is 26.8 Å². The first-order chi connectivity index (χ1) is 12.0. The van der Waals surface area contributed by atoms with Gasteiger partial charge >= 0.3 is 11.9 Å². The first-order valence-electron chi connectivity index (χ1n) is 8.74. The molecule has 1 saturated heterocycles. The monoisotopic (exact) mass is 350 g/mol. The highest BCUT2D eigenvalue weighted by Gasteiger charge is 2.25. The maximum atomic E-state index is 12.3. The topological polar surface area (TPSA) is 88.7 Å². The summed E-state index contributed by atoms with van der Waals surface area (Å²) in [4.78, 5) is 41.1. The number of rotatable bonds is 5. The van der Waals surface area contributed by atoms with Crippen LogP contribution < -0.4 is 0 Å². The molecule has 1 fully saturated rings. The number of aryl methyl sites for hydroxylation is 1. The third-order valence-electron chi connectivity index (χ3n) is 4.56. The molecule has 138 valence electrons. The minimum atomic E-state index is -0.634. The van der Waals surface area contributed by atoms with Gasteiger partial charge in [-0.25, -0.2) is 9.59 Å². The van der Waals surface area contributed by atoms with Crippen LogP contribution in [0.25, 0.3) is 0 Å². The fourth-order valence-electron chi connectivity index (χ4n) is 3.12. The van der Waals surface area contributed by atoms with E-state index in [0.29, 0.717) is 36.3 Å². The molecule has 0 radical (unpaired) electrons. The number of nitrogens with zero attached hydrogens (tertiary/aromatic N) is 1. The summed E-state index contributed by atoms with van der Waals surface area (Å²) in [5.41, 5.74) is 1.66. The summed E-state index contributed by atoms with van der Waals surface area (Å²) in [7, 11) is 1.30. The Morgan fingerprint density at radius 1 is 1.08 bits per heavy atom. The van der Waals surface area contributed by atoms with Crippen molar-refractivity contribution in [2.24, 2.45) is 0 Å². The smallest absolute Gasteiger partial charge is 0.355 e. The van der Waals surface area contributed by atoms with Crippen molar-refractivity contribution < 1.29 is 23.9 Å². The molecule has 1 aliphatic rings. The molecule has 1 aromatic rings. The summed E-state index contributed by atoms with van der Waals surface area (Å²) in [6.45, 7) is 4.67. The predicted molar refractivity (Wildman–Crippen MR) is 91.6 cm³/mol. The maximum Gasteiger partial charge on any atom is 0.355 e. The van der Waals surface area contributed by atoms with Crippen LogP contribution in [0.2, 0.25) is 0 Å². The van der Waals surface area contributed by atoms with Gasteiger partial charge in [0.25, 0.3) is 5.91 Å². The van der Waals surface area contributed by atoms with Gasteiger partial charge in [-0.15, -0.1) is 0 Å². The minimum Gasteiger partial charge on any atom is -0.465 e. The first-order valence-corrected chi connectivity index (χ1v) is 8.74. The molecule has 2 rings (SSSR count). The van der Waals surface area contributed by atoms with E-state index in [1.54, 1.807) is 11.8 Å². The van der Waals surface area contributed by atoms with Gasteiger partial charge in [0.05, 0.1) is 12.7 Å². The van der Waals surface area contributed by atoms with Gasteiger partial charge in [-0.1, -0.05) is 19.8 Å². The Kier molecular flexibility index (Phi) is 6.61. The molecule has 7 nitrogen and oxygen atoms in total. The molecule has 0 aromatic carbocycles. The predicted octanol–water partition coefficient (Wildman–Crippen LogP) is 2.23. The van der Waals surface area contributed by atoms with Crippen molar-refractivity contribution in [3.8, 4) is 0 Å². The lowest BCUT2D eigenvalue weighted by molar-refractivity contribution is -0.134. The number of hydrogen-bond acceptors (Lipinski definition) is 5. The van der Waals surface area contributed by atoms with E-state index in [4.69, 9.17) is 9.47 Å². The highest BCUT2D eigenvalue weighted by molar-refractivity contribution is 5.99. The molecule has 0 atom stereocenters. The number of nitrogens with one attached hydrogen (secondary N) is 1. The van der Waals surface area contributed by atoms with Crippen LogP contribution in [0.4, 0.5) is 0 Å². The van der Waals surface area contributed by atoms with Gasteiger partial charge in [-0.2, -0.15) is 0 Å². The number of carbonyl (C=O) groups is 3. The summed E-state index contributed by atoms with van der Waals surface area (Å²) >= 11 is 0. The second kappa shape index (κ2) is 8.69. The Labute approximate surface area is 147 Å². The Morgan fingerprint density at radius 2 is 1.72 bits per heavy atom. The number of aromatic nitrogens is 1. The lowest BCUT2D eigenvalue weighted by atomic mass is 10.1. The van der Waals surface area contributed by atoms with Crippen molar-refractivity contribution in [1.29, 1.82) is 0 Å². The average molecular weight is 350 g/mol. The highest BCUT2D eigenvalue weighted by atomic mass is 16.5. The number of esters is 2. The van der Waals surface area contributed by atoms with E-state index >= 15 is 0 Å². The zero-order chi connectivity index (χ0) is 18.4. The van der Waals surface area contributed by atoms with Crippen LogP contribution in [0, 0.1) is 6.92 Å². The number of methoxy groups -OCH3 is 1. The van der Waals surface area contributed by atoms with E-state index in [-0.39, 0.29) is 18.2 Å². The number of ether oxygens (including phenoxy) is 2. The standard InChI is InChI=1S/C18H26N2O5/c1-4-13-15(17(22)24-3)12(2)16(19-13)18(23)25-11-14(21)20-9-7-5-6-8-10-20/h19H,4-11H2,1-3H3. The highest BCUT2D eigenvalue weighted by Crippen LogP contribution is 2.21. The van der Waals surface area contributed by atoms with Crippen LogP contribution in [0.15, 0.2) is 0 Å². The third kappa shape index (κ3) is 4.41. The quantitative estimate of drug-likeness (QED) is 0.823. The Balaban J connectivity index is 2.04. The first kappa shape index (κ1) is 19.0. The normalized spacial score (nSPS) is 14.8. The van der Waals surface area contributed by atoms with Crippen molar-refractivity contribution in [2.45, 2.75) is 46.0 Å². The van der Waals surface area contributed by atoms with E-state index in [1.165, 1.54) is 7.11 Å². The van der Waals surface area contributed by atoms with Crippen LogP contribution in [-0.4, -0.2) is 54.5 Å². The number of amides is 1. The molecule has 25 heavy (non-hydrogen) atoms. The number of aromatic amines is 1. The van der Waals surface area contributed by atoms with E-state index in [1.807, 2.05) is 6.92 Å². The zero-order valence-electron chi connectivity index (χ0n) is 15.1. The molecule has 0 bridgehead atoms. The van der Waals surface area contributed by atoms with Gasteiger partial charge in [0.15, 0.2) is 6.61 Å². The summed E-state index contributed by atoms with van der Waals surface area (Å²) < 4.78 is 9.95. The van der Waals surface area contributed by atoms with Crippen LogP contribution in [0.5, 0.6) is 0 Å². The molecule has 0 spiro atoms. The molecule has 1 aromatic heterocycles. The molecule has 0 unspecified atom stereocenters. The summed E-state index contributed by atoms with van der Waals surface area (Å²) in [5, 5.41) is 0. The number of H-pyrrole nitrogens is 1. The van der Waals surface area contributed by atoms with Crippen LogP contribution in [0.1, 0.15) is 64.7 Å². The molecule has 1 N–H and O–H groups in total. The fraction of sp³-hybridized carbons (Fsp3) is 0.611. The maximum absolute atomic E-state index is 12.3. The molecule has 0 aliphatic carbocycles. The van der Waals surface area contributed by atoms with Gasteiger partial charge in [0.2, 0.25) is 0 Å².